The molecule has 0 spiro atoms. The number of aryl methyl sites for hydroxylation is 1. The Kier molecular flexibility index (Phi) is 7.38. The smallest absolute Gasteiger partial charge is 0.422 e. The Bertz CT molecular complexity index is 1040. The van der Waals surface area contributed by atoms with Gasteiger partial charge in [-0.1, -0.05) is 18.2 Å². The van der Waals surface area contributed by atoms with E-state index < -0.39 is 32.9 Å². The maximum Gasteiger partial charge on any atom is 0.422 e. The molecule has 0 bridgehead atoms. The number of nitrogens with zero attached hydrogens (tertiary/aromatic N) is 2. The van der Waals surface area contributed by atoms with Crippen molar-refractivity contribution in [1.29, 1.82) is 0 Å². The molecule has 0 saturated heterocycles. The lowest BCUT2D eigenvalue weighted by Gasteiger charge is -2.32. The predicted molar refractivity (Wildman–Crippen MR) is 113 cm³/mol. The number of rotatable bonds is 8. The Hall–Kier alpha value is -2.59. The van der Waals surface area contributed by atoms with Crippen LogP contribution in [0.15, 0.2) is 52.4 Å². The zero-order valence-electron chi connectivity index (χ0n) is 17.6. The van der Waals surface area contributed by atoms with Crippen molar-refractivity contribution < 1.29 is 31.4 Å². The molecular weight excluding hydrogens is 433 g/mol. The number of aliphatic hydroxyl groups is 1. The zero-order chi connectivity index (χ0) is 23.4. The first-order chi connectivity index (χ1) is 14.4. The van der Waals surface area contributed by atoms with Gasteiger partial charge in [-0.2, -0.15) is 13.2 Å². The molecule has 170 valence electrons. The minimum Gasteiger partial charge on any atom is -0.496 e. The summed E-state index contributed by atoms with van der Waals surface area (Å²) < 4.78 is 72.7. The molecule has 0 heterocycles. The molecule has 2 aromatic rings. The largest absolute Gasteiger partial charge is 0.496 e. The quantitative estimate of drug-likeness (QED) is 0.480. The van der Waals surface area contributed by atoms with Crippen molar-refractivity contribution >= 4 is 21.9 Å². The van der Waals surface area contributed by atoms with Gasteiger partial charge in [-0.25, -0.2) is 13.4 Å². The van der Waals surface area contributed by atoms with E-state index in [9.17, 15) is 26.7 Å². The van der Waals surface area contributed by atoms with E-state index in [2.05, 4.69) is 4.99 Å². The van der Waals surface area contributed by atoms with E-state index in [4.69, 9.17) is 4.74 Å². The van der Waals surface area contributed by atoms with Gasteiger partial charge in [-0.15, -0.1) is 0 Å². The molecule has 10 heteroatoms. The minimum absolute atomic E-state index is 0.316. The van der Waals surface area contributed by atoms with E-state index in [0.29, 0.717) is 17.8 Å². The van der Waals surface area contributed by atoms with E-state index >= 15 is 0 Å². The highest BCUT2D eigenvalue weighted by Crippen LogP contribution is 2.46. The van der Waals surface area contributed by atoms with Crippen LogP contribution in [0.5, 0.6) is 5.75 Å². The van der Waals surface area contributed by atoms with Gasteiger partial charge in [0.05, 0.1) is 29.8 Å². The number of hydrogen-bond donors (Lipinski definition) is 1. The molecule has 0 aliphatic rings. The molecule has 0 aliphatic heterocycles. The van der Waals surface area contributed by atoms with Crippen molar-refractivity contribution in [2.24, 2.45) is 4.99 Å². The summed E-state index contributed by atoms with van der Waals surface area (Å²) in [5.41, 5.74) is -3.74. The Labute approximate surface area is 179 Å². The summed E-state index contributed by atoms with van der Waals surface area (Å²) >= 11 is 0. The van der Waals surface area contributed by atoms with Crippen molar-refractivity contribution in [1.82, 2.24) is 4.90 Å². The number of alkyl halides is 3. The van der Waals surface area contributed by atoms with Crippen molar-refractivity contribution in [2.75, 3.05) is 26.5 Å². The Morgan fingerprint density at radius 2 is 1.81 bits per heavy atom. The number of aliphatic imine (C=N–C) groups is 1. The number of sulfone groups is 1. The van der Waals surface area contributed by atoms with E-state index in [1.54, 1.807) is 11.9 Å². The van der Waals surface area contributed by atoms with Crippen LogP contribution in [0.4, 0.5) is 18.9 Å². The van der Waals surface area contributed by atoms with Crippen molar-refractivity contribution in [3.05, 3.63) is 53.6 Å². The van der Waals surface area contributed by atoms with E-state index in [-0.39, 0.29) is 10.6 Å². The molecule has 2 aromatic carbocycles. The number of halogens is 3. The fourth-order valence-corrected chi connectivity index (χ4v) is 4.46. The molecule has 0 aliphatic carbocycles. The van der Waals surface area contributed by atoms with Crippen LogP contribution >= 0.6 is 0 Å². The molecule has 6 nitrogen and oxygen atoms in total. The Morgan fingerprint density at radius 3 is 2.32 bits per heavy atom. The summed E-state index contributed by atoms with van der Waals surface area (Å²) in [7, 11) is -1.56. The average molecular weight is 459 g/mol. The number of ether oxygens (including phenoxy) is 1. The van der Waals surface area contributed by atoms with Gasteiger partial charge in [0.25, 0.3) is 0 Å². The fourth-order valence-electron chi connectivity index (χ4n) is 2.85. The van der Waals surface area contributed by atoms with Gasteiger partial charge >= 0.3 is 6.18 Å². The molecule has 1 N–H and O–H groups in total. The number of hydrogen-bond acceptors (Lipinski definition) is 5. The van der Waals surface area contributed by atoms with Crippen LogP contribution in [0.1, 0.15) is 18.1 Å². The van der Waals surface area contributed by atoms with Crippen LogP contribution in [0.3, 0.4) is 0 Å². The lowest BCUT2D eigenvalue weighted by Crippen LogP contribution is -2.48. The molecule has 1 unspecified atom stereocenters. The van der Waals surface area contributed by atoms with Crippen LogP contribution in [-0.2, 0) is 15.4 Å². The SMILES string of the molecule is CCN(C)/C=N/c1cc(OC)c(C(O)(CS(=O)(=O)c2ccccc2)C(F)(F)F)cc1C. The maximum absolute atomic E-state index is 14.1. The summed E-state index contributed by atoms with van der Waals surface area (Å²) in [6, 6.07) is 8.99. The normalized spacial score (nSPS) is 14.5. The van der Waals surface area contributed by atoms with Crippen LogP contribution in [0.2, 0.25) is 0 Å². The second-order valence-corrected chi connectivity index (χ2v) is 9.08. The molecule has 31 heavy (non-hydrogen) atoms. The first-order valence-electron chi connectivity index (χ1n) is 9.36. The summed E-state index contributed by atoms with van der Waals surface area (Å²) in [5, 5.41) is 10.8. The van der Waals surface area contributed by atoms with Gasteiger partial charge in [-0.05, 0) is 37.6 Å². The van der Waals surface area contributed by atoms with Gasteiger partial charge in [0.1, 0.15) is 5.75 Å². The van der Waals surface area contributed by atoms with E-state index in [1.807, 2.05) is 6.92 Å². The molecular formula is C21H25F3N2O4S. The first-order valence-corrected chi connectivity index (χ1v) is 11.0. The summed E-state index contributed by atoms with van der Waals surface area (Å²) in [5.74, 6) is -1.91. The second-order valence-electron chi connectivity index (χ2n) is 7.09. The molecule has 0 aromatic heterocycles. The van der Waals surface area contributed by atoms with Crippen molar-refractivity contribution in [3.8, 4) is 5.75 Å². The minimum atomic E-state index is -5.29. The molecule has 0 amide bonds. The molecule has 0 saturated carbocycles. The molecule has 0 fully saturated rings. The van der Waals surface area contributed by atoms with E-state index in [0.717, 1.165) is 13.2 Å². The van der Waals surface area contributed by atoms with Crippen LogP contribution in [0, 0.1) is 6.92 Å². The third kappa shape index (κ3) is 5.37. The highest BCUT2D eigenvalue weighted by molar-refractivity contribution is 7.91. The molecule has 2 rings (SSSR count). The summed E-state index contributed by atoms with van der Waals surface area (Å²) in [6.07, 6.45) is -3.78. The molecule has 0 radical (unpaired) electrons. The average Bonchev–Trinajstić information content (AvgIpc) is 2.71. The predicted octanol–water partition coefficient (Wildman–Crippen LogP) is 3.84. The van der Waals surface area contributed by atoms with Gasteiger partial charge in [0, 0.05) is 25.2 Å². The van der Waals surface area contributed by atoms with E-state index in [1.165, 1.54) is 49.7 Å². The highest BCUT2D eigenvalue weighted by atomic mass is 32.2. The Balaban J connectivity index is 2.63. The van der Waals surface area contributed by atoms with Crippen LogP contribution < -0.4 is 4.74 Å². The standard InChI is InChI=1S/C21H25F3N2O4S/c1-5-26(3)14-25-18-12-19(30-4)17(11-15(18)2)20(27,21(22,23)24)13-31(28,29)16-9-7-6-8-10-16/h6-12,14,27H,5,13H2,1-4H3/b25-14+. The van der Waals surface area contributed by atoms with Gasteiger partial charge in [0.15, 0.2) is 9.84 Å². The third-order valence-corrected chi connectivity index (χ3v) is 6.61. The Morgan fingerprint density at radius 1 is 1.19 bits per heavy atom. The van der Waals surface area contributed by atoms with Crippen molar-refractivity contribution in [3.63, 3.8) is 0 Å². The third-order valence-electron chi connectivity index (χ3n) is 4.83. The maximum atomic E-state index is 14.1. The highest BCUT2D eigenvalue weighted by Gasteiger charge is 2.58. The lowest BCUT2D eigenvalue weighted by molar-refractivity contribution is -0.257. The molecule has 1 atom stereocenters. The number of methoxy groups -OCH3 is 1. The van der Waals surface area contributed by atoms with Gasteiger partial charge < -0.3 is 14.7 Å². The topological polar surface area (TPSA) is 79.2 Å². The monoisotopic (exact) mass is 458 g/mol. The number of benzene rings is 2. The van der Waals surface area contributed by atoms with Crippen molar-refractivity contribution in [2.45, 2.75) is 30.5 Å². The van der Waals surface area contributed by atoms with Gasteiger partial charge in [-0.3, -0.25) is 0 Å². The van der Waals surface area contributed by atoms with Crippen LogP contribution in [-0.4, -0.2) is 57.4 Å². The van der Waals surface area contributed by atoms with Gasteiger partial charge in [0.2, 0.25) is 5.60 Å². The zero-order valence-corrected chi connectivity index (χ0v) is 18.5. The lowest BCUT2D eigenvalue weighted by atomic mass is 9.92. The summed E-state index contributed by atoms with van der Waals surface area (Å²) in [6.45, 7) is 4.09. The fraction of sp³-hybridized carbons (Fsp3) is 0.381. The van der Waals surface area contributed by atoms with Crippen LogP contribution in [0.25, 0.3) is 0 Å². The summed E-state index contributed by atoms with van der Waals surface area (Å²) in [4.78, 5) is 5.67. The second kappa shape index (κ2) is 9.27. The first kappa shape index (κ1) is 24.7.